The zero-order valence-electron chi connectivity index (χ0n) is 19.7. The second-order valence-corrected chi connectivity index (χ2v) is 8.84. The van der Waals surface area contributed by atoms with Gasteiger partial charge in [0.1, 0.15) is 0 Å². The SMILES string of the molecule is CCOC(=O)C1=C(C)N=c2s/c(=C/c3ccc(C)cc3)c(=O)n2[C@@H]1c1ccc(OC)c(OC)c1. The molecular weight excluding hydrogens is 452 g/mol. The summed E-state index contributed by atoms with van der Waals surface area (Å²) in [5.74, 6) is 0.549. The van der Waals surface area contributed by atoms with E-state index in [2.05, 4.69) is 4.99 Å². The van der Waals surface area contributed by atoms with Gasteiger partial charge in [0, 0.05) is 0 Å². The van der Waals surface area contributed by atoms with Crippen LogP contribution >= 0.6 is 11.3 Å². The fraction of sp³-hybridized carbons (Fsp3) is 0.269. The number of hydrogen-bond acceptors (Lipinski definition) is 7. The lowest BCUT2D eigenvalue weighted by Gasteiger charge is -2.25. The highest BCUT2D eigenvalue weighted by Crippen LogP contribution is 2.36. The van der Waals surface area contributed by atoms with Crippen LogP contribution in [0, 0.1) is 6.92 Å². The molecule has 0 saturated heterocycles. The zero-order chi connectivity index (χ0) is 24.4. The first-order chi connectivity index (χ1) is 16.4. The number of carbonyl (C=O) groups is 1. The third-order valence-corrected chi connectivity index (χ3v) is 6.60. The summed E-state index contributed by atoms with van der Waals surface area (Å²) >= 11 is 1.29. The number of nitrogens with zero attached hydrogens (tertiary/aromatic N) is 2. The van der Waals surface area contributed by atoms with Crippen molar-refractivity contribution in [2.45, 2.75) is 26.8 Å². The summed E-state index contributed by atoms with van der Waals surface area (Å²) in [6.45, 7) is 5.74. The summed E-state index contributed by atoms with van der Waals surface area (Å²) in [6.07, 6.45) is 1.85. The van der Waals surface area contributed by atoms with Crippen LogP contribution in [0.15, 0.2) is 63.5 Å². The Bertz CT molecular complexity index is 1450. The molecule has 1 aliphatic rings. The summed E-state index contributed by atoms with van der Waals surface area (Å²) in [7, 11) is 3.10. The van der Waals surface area contributed by atoms with Gasteiger partial charge in [0.25, 0.3) is 5.56 Å². The van der Waals surface area contributed by atoms with Gasteiger partial charge in [0.05, 0.1) is 42.7 Å². The first-order valence-corrected chi connectivity index (χ1v) is 11.7. The maximum absolute atomic E-state index is 13.6. The Morgan fingerprint density at radius 3 is 2.44 bits per heavy atom. The van der Waals surface area contributed by atoms with Gasteiger partial charge < -0.3 is 14.2 Å². The van der Waals surface area contributed by atoms with E-state index in [1.54, 1.807) is 44.8 Å². The van der Waals surface area contributed by atoms with Crippen molar-refractivity contribution < 1.29 is 19.0 Å². The van der Waals surface area contributed by atoms with E-state index in [4.69, 9.17) is 14.2 Å². The molecule has 0 radical (unpaired) electrons. The molecule has 34 heavy (non-hydrogen) atoms. The average Bonchev–Trinajstić information content (AvgIpc) is 3.13. The van der Waals surface area contributed by atoms with Crippen molar-refractivity contribution in [2.75, 3.05) is 20.8 Å². The lowest BCUT2D eigenvalue weighted by atomic mass is 9.95. The van der Waals surface area contributed by atoms with Gasteiger partial charge >= 0.3 is 5.97 Å². The number of benzene rings is 2. The molecule has 4 rings (SSSR count). The van der Waals surface area contributed by atoms with E-state index < -0.39 is 12.0 Å². The van der Waals surface area contributed by atoms with Crippen LogP contribution in [0.3, 0.4) is 0 Å². The predicted molar refractivity (Wildman–Crippen MR) is 131 cm³/mol. The lowest BCUT2D eigenvalue weighted by Crippen LogP contribution is -2.39. The minimum absolute atomic E-state index is 0.214. The Labute approximate surface area is 201 Å². The summed E-state index contributed by atoms with van der Waals surface area (Å²) in [5, 5.41) is 0. The Morgan fingerprint density at radius 2 is 1.79 bits per heavy atom. The van der Waals surface area contributed by atoms with E-state index in [9.17, 15) is 9.59 Å². The maximum atomic E-state index is 13.6. The molecule has 7 nitrogen and oxygen atoms in total. The van der Waals surface area contributed by atoms with Crippen LogP contribution in [0.5, 0.6) is 11.5 Å². The number of aromatic nitrogens is 1. The molecule has 2 heterocycles. The third-order valence-electron chi connectivity index (χ3n) is 5.62. The van der Waals surface area contributed by atoms with Crippen molar-refractivity contribution in [3.63, 3.8) is 0 Å². The van der Waals surface area contributed by atoms with Crippen LogP contribution < -0.4 is 24.4 Å². The second kappa shape index (κ2) is 9.69. The highest BCUT2D eigenvalue weighted by atomic mass is 32.1. The molecule has 1 atom stereocenters. The molecule has 0 N–H and O–H groups in total. The Balaban J connectivity index is 1.96. The molecule has 3 aromatic rings. The van der Waals surface area contributed by atoms with E-state index in [-0.39, 0.29) is 12.2 Å². The van der Waals surface area contributed by atoms with Crippen molar-refractivity contribution in [3.05, 3.63) is 90.1 Å². The monoisotopic (exact) mass is 478 g/mol. The van der Waals surface area contributed by atoms with Crippen LogP contribution in [0.1, 0.15) is 36.6 Å². The summed E-state index contributed by atoms with van der Waals surface area (Å²) < 4.78 is 18.3. The average molecular weight is 479 g/mol. The van der Waals surface area contributed by atoms with Crippen molar-refractivity contribution in [1.29, 1.82) is 0 Å². The van der Waals surface area contributed by atoms with Crippen LogP contribution in [-0.4, -0.2) is 31.4 Å². The predicted octanol–water partition coefficient (Wildman–Crippen LogP) is 3.12. The first-order valence-electron chi connectivity index (χ1n) is 10.9. The van der Waals surface area contributed by atoms with E-state index in [1.165, 1.54) is 11.3 Å². The smallest absolute Gasteiger partial charge is 0.338 e. The number of thiazole rings is 1. The van der Waals surface area contributed by atoms with Crippen molar-refractivity contribution in [1.82, 2.24) is 4.57 Å². The molecule has 8 heteroatoms. The molecule has 0 amide bonds. The van der Waals surface area contributed by atoms with E-state index in [1.807, 2.05) is 43.3 Å². The number of aryl methyl sites for hydroxylation is 1. The lowest BCUT2D eigenvalue weighted by molar-refractivity contribution is -0.139. The normalized spacial score (nSPS) is 15.6. The van der Waals surface area contributed by atoms with Gasteiger partial charge in [-0.1, -0.05) is 47.2 Å². The largest absolute Gasteiger partial charge is 0.493 e. The highest BCUT2D eigenvalue weighted by Gasteiger charge is 2.33. The number of hydrogen-bond donors (Lipinski definition) is 0. The molecule has 1 aromatic heterocycles. The zero-order valence-corrected chi connectivity index (χ0v) is 20.6. The van der Waals surface area contributed by atoms with Gasteiger partial charge in [-0.15, -0.1) is 0 Å². The number of rotatable bonds is 6. The number of allylic oxidation sites excluding steroid dienone is 1. The Kier molecular flexibility index (Phi) is 6.70. The van der Waals surface area contributed by atoms with Gasteiger partial charge in [-0.25, -0.2) is 9.79 Å². The van der Waals surface area contributed by atoms with Crippen LogP contribution in [0.2, 0.25) is 0 Å². The van der Waals surface area contributed by atoms with Gasteiger partial charge in [-0.05, 0) is 50.1 Å². The molecule has 0 fully saturated rings. The quantitative estimate of drug-likeness (QED) is 0.509. The van der Waals surface area contributed by atoms with E-state index >= 15 is 0 Å². The van der Waals surface area contributed by atoms with Crippen LogP contribution in [0.4, 0.5) is 0 Å². The number of methoxy groups -OCH3 is 2. The van der Waals surface area contributed by atoms with Crippen LogP contribution in [-0.2, 0) is 9.53 Å². The topological polar surface area (TPSA) is 79.1 Å². The summed E-state index contributed by atoms with van der Waals surface area (Å²) in [5.41, 5.74) is 3.36. The molecule has 1 aliphatic heterocycles. The van der Waals surface area contributed by atoms with Gasteiger partial charge in [0.2, 0.25) is 0 Å². The van der Waals surface area contributed by atoms with Crippen molar-refractivity contribution >= 4 is 23.4 Å². The molecule has 0 unspecified atom stereocenters. The standard InChI is InChI=1S/C26H26N2O5S/c1-6-33-25(30)22-16(3)27-26-28(23(22)18-11-12-19(31-4)20(14-18)32-5)24(29)21(34-26)13-17-9-7-15(2)8-10-17/h7-14,23H,6H2,1-5H3/b21-13+/t23-/m1/s1. The minimum atomic E-state index is -0.713. The fourth-order valence-electron chi connectivity index (χ4n) is 3.94. The molecule has 0 bridgehead atoms. The van der Waals surface area contributed by atoms with Gasteiger partial charge in [-0.3, -0.25) is 9.36 Å². The first kappa shape index (κ1) is 23.5. The van der Waals surface area contributed by atoms with Gasteiger partial charge in [0.15, 0.2) is 16.3 Å². The second-order valence-electron chi connectivity index (χ2n) is 7.83. The molecule has 2 aromatic carbocycles. The van der Waals surface area contributed by atoms with Crippen LogP contribution in [0.25, 0.3) is 6.08 Å². The number of fused-ring (bicyclic) bond motifs is 1. The number of esters is 1. The van der Waals surface area contributed by atoms with Gasteiger partial charge in [-0.2, -0.15) is 0 Å². The maximum Gasteiger partial charge on any atom is 0.338 e. The Morgan fingerprint density at radius 1 is 1.09 bits per heavy atom. The third kappa shape index (κ3) is 4.28. The molecule has 0 spiro atoms. The minimum Gasteiger partial charge on any atom is -0.493 e. The number of carbonyl (C=O) groups excluding carboxylic acids is 1. The molecule has 176 valence electrons. The van der Waals surface area contributed by atoms with Crippen molar-refractivity contribution in [2.24, 2.45) is 4.99 Å². The van der Waals surface area contributed by atoms with Crippen molar-refractivity contribution in [3.8, 4) is 11.5 Å². The summed E-state index contributed by atoms with van der Waals surface area (Å²) in [6, 6.07) is 12.6. The molecule has 0 aliphatic carbocycles. The fourth-order valence-corrected chi connectivity index (χ4v) is 4.99. The number of ether oxygens (including phenoxy) is 3. The molecular formula is C26H26N2O5S. The Hall–Kier alpha value is -3.65. The molecule has 0 saturated carbocycles. The highest BCUT2D eigenvalue weighted by molar-refractivity contribution is 7.07. The van der Waals surface area contributed by atoms with E-state index in [0.717, 1.165) is 11.1 Å². The van der Waals surface area contributed by atoms with E-state index in [0.29, 0.717) is 37.7 Å². The summed E-state index contributed by atoms with van der Waals surface area (Å²) in [4.78, 5) is 31.8.